The molecule has 0 atom stereocenters. The SMILES string of the molecule is CC(C)NCc1ccc(SCc2ccc(C#N)cc2)cc1. The lowest BCUT2D eigenvalue weighted by atomic mass is 10.2. The molecule has 0 heterocycles. The van der Waals surface area contributed by atoms with E-state index in [4.69, 9.17) is 5.26 Å². The highest BCUT2D eigenvalue weighted by atomic mass is 32.2. The molecule has 0 aliphatic carbocycles. The van der Waals surface area contributed by atoms with Gasteiger partial charge in [0.05, 0.1) is 11.6 Å². The molecule has 108 valence electrons. The Kier molecular flexibility index (Phi) is 5.86. The molecule has 2 rings (SSSR count). The van der Waals surface area contributed by atoms with Gasteiger partial charge < -0.3 is 5.32 Å². The number of nitrogens with one attached hydrogen (secondary N) is 1. The summed E-state index contributed by atoms with van der Waals surface area (Å²) >= 11 is 1.82. The molecule has 0 radical (unpaired) electrons. The summed E-state index contributed by atoms with van der Waals surface area (Å²) in [4.78, 5) is 1.27. The van der Waals surface area contributed by atoms with Crippen molar-refractivity contribution in [3.63, 3.8) is 0 Å². The molecule has 0 aliphatic rings. The summed E-state index contributed by atoms with van der Waals surface area (Å²) in [6.07, 6.45) is 0. The van der Waals surface area contributed by atoms with Crippen molar-refractivity contribution in [2.24, 2.45) is 0 Å². The van der Waals surface area contributed by atoms with Crippen LogP contribution in [0.3, 0.4) is 0 Å². The predicted molar refractivity (Wildman–Crippen MR) is 89.1 cm³/mol. The van der Waals surface area contributed by atoms with Crippen molar-refractivity contribution in [1.82, 2.24) is 5.32 Å². The van der Waals surface area contributed by atoms with Gasteiger partial charge in [-0.25, -0.2) is 0 Å². The fourth-order valence-electron chi connectivity index (χ4n) is 1.87. The molecule has 21 heavy (non-hydrogen) atoms. The highest BCUT2D eigenvalue weighted by Crippen LogP contribution is 2.23. The maximum absolute atomic E-state index is 8.78. The fourth-order valence-corrected chi connectivity index (χ4v) is 2.72. The maximum Gasteiger partial charge on any atom is 0.0991 e. The van der Waals surface area contributed by atoms with Crippen molar-refractivity contribution in [2.75, 3.05) is 0 Å². The van der Waals surface area contributed by atoms with E-state index < -0.39 is 0 Å². The van der Waals surface area contributed by atoms with Crippen molar-refractivity contribution in [2.45, 2.75) is 37.1 Å². The van der Waals surface area contributed by atoms with E-state index in [0.29, 0.717) is 11.6 Å². The number of benzene rings is 2. The van der Waals surface area contributed by atoms with Crippen LogP contribution in [0.1, 0.15) is 30.5 Å². The van der Waals surface area contributed by atoms with Gasteiger partial charge >= 0.3 is 0 Å². The molecular formula is C18H20N2S. The fraction of sp³-hybridized carbons (Fsp3) is 0.278. The van der Waals surface area contributed by atoms with Gasteiger partial charge in [0.2, 0.25) is 0 Å². The van der Waals surface area contributed by atoms with Gasteiger partial charge in [-0.2, -0.15) is 5.26 Å². The van der Waals surface area contributed by atoms with Gasteiger partial charge in [0.25, 0.3) is 0 Å². The van der Waals surface area contributed by atoms with Crippen LogP contribution < -0.4 is 5.32 Å². The molecule has 3 heteroatoms. The molecule has 0 saturated heterocycles. The number of nitrogens with zero attached hydrogens (tertiary/aromatic N) is 1. The Hall–Kier alpha value is -1.76. The molecule has 0 aliphatic heterocycles. The quantitative estimate of drug-likeness (QED) is 0.805. The number of hydrogen-bond acceptors (Lipinski definition) is 3. The van der Waals surface area contributed by atoms with E-state index in [2.05, 4.69) is 49.5 Å². The van der Waals surface area contributed by atoms with Crippen LogP contribution in [0.25, 0.3) is 0 Å². The zero-order chi connectivity index (χ0) is 15.1. The normalized spacial score (nSPS) is 10.6. The third-order valence-corrected chi connectivity index (χ3v) is 4.21. The second-order valence-electron chi connectivity index (χ2n) is 5.28. The topological polar surface area (TPSA) is 35.8 Å². The second-order valence-corrected chi connectivity index (χ2v) is 6.33. The number of hydrogen-bond donors (Lipinski definition) is 1. The van der Waals surface area contributed by atoms with Crippen LogP contribution in [-0.2, 0) is 12.3 Å². The molecule has 1 N–H and O–H groups in total. The first kappa shape index (κ1) is 15.6. The average molecular weight is 296 g/mol. The Balaban J connectivity index is 1.86. The summed E-state index contributed by atoms with van der Waals surface area (Å²) in [6.45, 7) is 5.22. The van der Waals surface area contributed by atoms with E-state index in [1.807, 2.05) is 36.0 Å². The lowest BCUT2D eigenvalue weighted by Gasteiger charge is -2.08. The van der Waals surface area contributed by atoms with Crippen LogP contribution in [0.2, 0.25) is 0 Å². The van der Waals surface area contributed by atoms with E-state index in [1.54, 1.807) is 0 Å². The molecule has 0 spiro atoms. The molecule has 2 aromatic rings. The maximum atomic E-state index is 8.78. The minimum atomic E-state index is 0.510. The van der Waals surface area contributed by atoms with E-state index in [-0.39, 0.29) is 0 Å². The summed E-state index contributed by atoms with van der Waals surface area (Å²) in [5.41, 5.74) is 3.27. The van der Waals surface area contributed by atoms with E-state index in [1.165, 1.54) is 16.0 Å². The highest BCUT2D eigenvalue weighted by molar-refractivity contribution is 7.98. The first-order chi connectivity index (χ1) is 10.2. The summed E-state index contributed by atoms with van der Waals surface area (Å²) < 4.78 is 0. The minimum Gasteiger partial charge on any atom is -0.310 e. The Labute approximate surface area is 131 Å². The molecule has 2 aromatic carbocycles. The summed E-state index contributed by atoms with van der Waals surface area (Å²) in [6, 6.07) is 19.1. The van der Waals surface area contributed by atoms with Crippen molar-refractivity contribution < 1.29 is 0 Å². The van der Waals surface area contributed by atoms with Crippen LogP contribution in [0, 0.1) is 11.3 Å². The van der Waals surface area contributed by atoms with Crippen LogP contribution >= 0.6 is 11.8 Å². The number of thioether (sulfide) groups is 1. The second kappa shape index (κ2) is 7.87. The first-order valence-corrected chi connectivity index (χ1v) is 8.10. The lowest BCUT2D eigenvalue weighted by Crippen LogP contribution is -2.21. The van der Waals surface area contributed by atoms with Gasteiger partial charge in [0.15, 0.2) is 0 Å². The van der Waals surface area contributed by atoms with Gasteiger partial charge in [-0.15, -0.1) is 11.8 Å². The van der Waals surface area contributed by atoms with Crippen LogP contribution in [0.15, 0.2) is 53.4 Å². The zero-order valence-corrected chi connectivity index (χ0v) is 13.3. The molecule has 0 aromatic heterocycles. The van der Waals surface area contributed by atoms with E-state index >= 15 is 0 Å². The molecule has 0 saturated carbocycles. The Morgan fingerprint density at radius 1 is 1.00 bits per heavy atom. The van der Waals surface area contributed by atoms with Crippen LogP contribution in [-0.4, -0.2) is 6.04 Å². The lowest BCUT2D eigenvalue weighted by molar-refractivity contribution is 0.588. The van der Waals surface area contributed by atoms with Crippen LogP contribution in [0.4, 0.5) is 0 Å². The van der Waals surface area contributed by atoms with Crippen molar-refractivity contribution in [3.05, 3.63) is 65.2 Å². The van der Waals surface area contributed by atoms with Crippen LogP contribution in [0.5, 0.6) is 0 Å². The smallest absolute Gasteiger partial charge is 0.0991 e. The van der Waals surface area contributed by atoms with E-state index in [0.717, 1.165) is 12.3 Å². The molecule has 0 bridgehead atoms. The standard InChI is InChI=1S/C18H20N2S/c1-14(2)20-12-16-7-9-18(10-8-16)21-13-17-5-3-15(11-19)4-6-17/h3-10,14,20H,12-13H2,1-2H3. The van der Waals surface area contributed by atoms with Crippen molar-refractivity contribution in [1.29, 1.82) is 5.26 Å². The van der Waals surface area contributed by atoms with Crippen molar-refractivity contribution in [3.8, 4) is 6.07 Å². The van der Waals surface area contributed by atoms with E-state index in [9.17, 15) is 0 Å². The summed E-state index contributed by atoms with van der Waals surface area (Å²) in [7, 11) is 0. The summed E-state index contributed by atoms with van der Waals surface area (Å²) in [5.74, 6) is 0.926. The molecule has 0 unspecified atom stereocenters. The van der Waals surface area contributed by atoms with Gasteiger partial charge in [-0.3, -0.25) is 0 Å². The zero-order valence-electron chi connectivity index (χ0n) is 12.5. The van der Waals surface area contributed by atoms with Gasteiger partial charge in [-0.1, -0.05) is 38.1 Å². The van der Waals surface area contributed by atoms with Gasteiger partial charge in [0, 0.05) is 23.2 Å². The Bertz CT molecular complexity index is 595. The minimum absolute atomic E-state index is 0.510. The third kappa shape index (κ3) is 5.26. The highest BCUT2D eigenvalue weighted by Gasteiger charge is 1.99. The Morgan fingerprint density at radius 3 is 2.19 bits per heavy atom. The van der Waals surface area contributed by atoms with Gasteiger partial charge in [-0.05, 0) is 35.4 Å². The number of rotatable bonds is 6. The number of nitriles is 1. The Morgan fingerprint density at radius 2 is 1.62 bits per heavy atom. The average Bonchev–Trinajstić information content (AvgIpc) is 2.52. The third-order valence-electron chi connectivity index (χ3n) is 3.13. The first-order valence-electron chi connectivity index (χ1n) is 7.11. The van der Waals surface area contributed by atoms with Gasteiger partial charge in [0.1, 0.15) is 0 Å². The molecular weight excluding hydrogens is 276 g/mol. The van der Waals surface area contributed by atoms with Crippen molar-refractivity contribution >= 4 is 11.8 Å². The monoisotopic (exact) mass is 296 g/mol. The molecule has 2 nitrogen and oxygen atoms in total. The predicted octanol–water partition coefficient (Wildman–Crippen LogP) is 4.35. The largest absolute Gasteiger partial charge is 0.310 e. The molecule has 0 fully saturated rings. The summed E-state index contributed by atoms with van der Waals surface area (Å²) in [5, 5.41) is 12.2. The molecule has 0 amide bonds.